The average molecular weight is 430 g/mol. The lowest BCUT2D eigenvalue weighted by Gasteiger charge is -2.35. The number of ether oxygens (including phenoxy) is 1. The Morgan fingerprint density at radius 2 is 1.77 bits per heavy atom. The number of hydrogen-bond donors (Lipinski definition) is 2. The molecule has 2 atom stereocenters. The van der Waals surface area contributed by atoms with Crippen molar-refractivity contribution in [3.05, 3.63) is 40.3 Å². The number of carbonyl (C=O) groups is 2. The summed E-state index contributed by atoms with van der Waals surface area (Å²) in [5.41, 5.74) is 4.76. The summed E-state index contributed by atoms with van der Waals surface area (Å²) < 4.78 is 7.01. The van der Waals surface area contributed by atoms with E-state index in [0.717, 1.165) is 13.1 Å². The highest BCUT2D eigenvalue weighted by Gasteiger charge is 2.23. The van der Waals surface area contributed by atoms with Crippen LogP contribution in [-0.4, -0.2) is 58.3 Å². The Labute approximate surface area is 181 Å². The molecule has 0 radical (unpaired) electrons. The van der Waals surface area contributed by atoms with E-state index in [1.165, 1.54) is 4.68 Å². The van der Waals surface area contributed by atoms with Crippen molar-refractivity contribution in [3.63, 3.8) is 0 Å². The molecule has 168 valence electrons. The smallest absolute Gasteiger partial charge is 0.290 e. The van der Waals surface area contributed by atoms with Crippen LogP contribution in [0.15, 0.2) is 29.1 Å². The zero-order valence-electron chi connectivity index (χ0n) is 18.6. The summed E-state index contributed by atoms with van der Waals surface area (Å²) in [7, 11) is 0. The molecular formula is C22H31N5O4. The number of hydrazine groups is 1. The topological polar surface area (TPSA) is 106 Å². The first kappa shape index (κ1) is 22.9. The van der Waals surface area contributed by atoms with Gasteiger partial charge in [-0.3, -0.25) is 30.1 Å². The van der Waals surface area contributed by atoms with Crippen LogP contribution in [0.4, 0.5) is 0 Å². The number of morpholine rings is 1. The Kier molecular flexibility index (Phi) is 7.40. The van der Waals surface area contributed by atoms with Gasteiger partial charge in [0.15, 0.2) is 5.69 Å². The van der Waals surface area contributed by atoms with Crippen molar-refractivity contribution in [2.75, 3.05) is 19.6 Å². The highest BCUT2D eigenvalue weighted by molar-refractivity contribution is 6.05. The van der Waals surface area contributed by atoms with Crippen LogP contribution in [-0.2, 0) is 16.1 Å². The van der Waals surface area contributed by atoms with Gasteiger partial charge in [0.2, 0.25) is 5.91 Å². The standard InChI is InChI=1S/C22H31N5O4/c1-14(2)11-27-22(30)18-8-6-5-7-17(18)20(25-27)21(29)24-23-19(28)9-10-26-12-15(3)31-16(4)13-26/h5-8,14-16H,9-13H2,1-4H3,(H,23,28)(H,24,29)/t15-,16-/m0/s1. The van der Waals surface area contributed by atoms with Crippen molar-refractivity contribution >= 4 is 22.6 Å². The van der Waals surface area contributed by atoms with Crippen molar-refractivity contribution in [1.82, 2.24) is 25.5 Å². The molecule has 2 amide bonds. The number of benzene rings is 1. The summed E-state index contributed by atoms with van der Waals surface area (Å²) in [4.78, 5) is 39.9. The van der Waals surface area contributed by atoms with Crippen LogP contribution in [0, 0.1) is 5.92 Å². The maximum atomic E-state index is 12.8. The Balaban J connectivity index is 1.65. The number of nitrogens with one attached hydrogen (secondary N) is 2. The number of fused-ring (bicyclic) bond motifs is 1. The van der Waals surface area contributed by atoms with E-state index in [2.05, 4.69) is 20.9 Å². The third-order valence-corrected chi connectivity index (χ3v) is 5.09. The molecule has 9 nitrogen and oxygen atoms in total. The zero-order chi connectivity index (χ0) is 22.5. The molecular weight excluding hydrogens is 398 g/mol. The van der Waals surface area contributed by atoms with E-state index in [9.17, 15) is 14.4 Å². The molecule has 0 saturated carbocycles. The second-order valence-electron chi connectivity index (χ2n) is 8.54. The second-order valence-corrected chi connectivity index (χ2v) is 8.54. The molecule has 1 aromatic carbocycles. The third kappa shape index (κ3) is 5.89. The lowest BCUT2D eigenvalue weighted by molar-refractivity contribution is -0.123. The summed E-state index contributed by atoms with van der Waals surface area (Å²) >= 11 is 0. The second kappa shape index (κ2) is 10.0. The SMILES string of the molecule is CC(C)Cn1nc(C(=O)NNC(=O)CCN2C[C@H](C)O[C@@H](C)C2)c2ccccc2c1=O. The average Bonchev–Trinajstić information content (AvgIpc) is 2.71. The highest BCUT2D eigenvalue weighted by Crippen LogP contribution is 2.14. The van der Waals surface area contributed by atoms with Crippen LogP contribution >= 0.6 is 0 Å². The van der Waals surface area contributed by atoms with Gasteiger partial charge < -0.3 is 4.74 Å². The highest BCUT2D eigenvalue weighted by atomic mass is 16.5. The van der Waals surface area contributed by atoms with E-state index in [1.54, 1.807) is 24.3 Å². The Hall–Kier alpha value is -2.78. The molecule has 1 aromatic heterocycles. The molecule has 2 heterocycles. The van der Waals surface area contributed by atoms with Crippen LogP contribution in [0.25, 0.3) is 10.8 Å². The van der Waals surface area contributed by atoms with Crippen molar-refractivity contribution in [2.45, 2.75) is 52.9 Å². The number of aromatic nitrogens is 2. The maximum absolute atomic E-state index is 12.8. The molecule has 31 heavy (non-hydrogen) atoms. The number of rotatable bonds is 6. The maximum Gasteiger partial charge on any atom is 0.290 e. The third-order valence-electron chi connectivity index (χ3n) is 5.09. The van der Waals surface area contributed by atoms with Gasteiger partial charge in [0, 0.05) is 38.0 Å². The quantitative estimate of drug-likeness (QED) is 0.671. The molecule has 1 aliphatic heterocycles. The fraction of sp³-hybridized carbons (Fsp3) is 0.545. The van der Waals surface area contributed by atoms with E-state index in [0.29, 0.717) is 23.9 Å². The fourth-order valence-electron chi connectivity index (χ4n) is 3.85. The van der Waals surface area contributed by atoms with E-state index < -0.39 is 5.91 Å². The first-order valence-corrected chi connectivity index (χ1v) is 10.7. The molecule has 2 N–H and O–H groups in total. The molecule has 3 rings (SSSR count). The first-order chi connectivity index (χ1) is 14.7. The van der Waals surface area contributed by atoms with E-state index >= 15 is 0 Å². The molecule has 1 fully saturated rings. The Morgan fingerprint density at radius 1 is 1.13 bits per heavy atom. The van der Waals surface area contributed by atoms with Crippen molar-refractivity contribution in [3.8, 4) is 0 Å². The van der Waals surface area contributed by atoms with Crippen LogP contribution in [0.3, 0.4) is 0 Å². The largest absolute Gasteiger partial charge is 0.373 e. The van der Waals surface area contributed by atoms with Crippen LogP contribution in [0.2, 0.25) is 0 Å². The lowest BCUT2D eigenvalue weighted by atomic mass is 10.1. The van der Waals surface area contributed by atoms with Gasteiger partial charge in [-0.05, 0) is 25.8 Å². The summed E-state index contributed by atoms with van der Waals surface area (Å²) in [5.74, 6) is -0.664. The van der Waals surface area contributed by atoms with Gasteiger partial charge in [-0.25, -0.2) is 4.68 Å². The lowest BCUT2D eigenvalue weighted by Crippen LogP contribution is -2.48. The van der Waals surface area contributed by atoms with Gasteiger partial charge in [0.05, 0.1) is 17.6 Å². The van der Waals surface area contributed by atoms with E-state index in [1.807, 2.05) is 27.7 Å². The Bertz CT molecular complexity index is 993. The van der Waals surface area contributed by atoms with Crippen molar-refractivity contribution in [2.24, 2.45) is 5.92 Å². The minimum Gasteiger partial charge on any atom is -0.373 e. The first-order valence-electron chi connectivity index (χ1n) is 10.7. The van der Waals surface area contributed by atoms with E-state index in [-0.39, 0.29) is 41.7 Å². The number of amides is 2. The fourth-order valence-corrected chi connectivity index (χ4v) is 3.85. The van der Waals surface area contributed by atoms with Crippen molar-refractivity contribution in [1.29, 1.82) is 0 Å². The molecule has 1 saturated heterocycles. The number of nitrogens with zero attached hydrogens (tertiary/aromatic N) is 3. The summed E-state index contributed by atoms with van der Waals surface area (Å²) in [6, 6.07) is 6.85. The van der Waals surface area contributed by atoms with Crippen LogP contribution in [0.1, 0.15) is 44.6 Å². The van der Waals surface area contributed by atoms with Gasteiger partial charge in [-0.2, -0.15) is 5.10 Å². The van der Waals surface area contributed by atoms with Crippen molar-refractivity contribution < 1.29 is 14.3 Å². The molecule has 9 heteroatoms. The molecule has 0 aliphatic carbocycles. The minimum absolute atomic E-state index is 0.104. The number of carbonyl (C=O) groups excluding carboxylic acids is 2. The molecule has 2 aromatic rings. The minimum atomic E-state index is -0.560. The number of hydrogen-bond acceptors (Lipinski definition) is 6. The van der Waals surface area contributed by atoms with Gasteiger partial charge in [0.1, 0.15) is 0 Å². The van der Waals surface area contributed by atoms with Crippen LogP contribution in [0.5, 0.6) is 0 Å². The summed E-state index contributed by atoms with van der Waals surface area (Å²) in [6.07, 6.45) is 0.514. The predicted octanol–water partition coefficient (Wildman–Crippen LogP) is 1.31. The molecule has 0 unspecified atom stereocenters. The van der Waals surface area contributed by atoms with Gasteiger partial charge in [-0.1, -0.05) is 32.0 Å². The normalized spacial score (nSPS) is 19.5. The summed E-state index contributed by atoms with van der Waals surface area (Å²) in [6.45, 7) is 10.5. The molecule has 0 spiro atoms. The molecule has 0 bridgehead atoms. The monoisotopic (exact) mass is 429 g/mol. The van der Waals surface area contributed by atoms with Gasteiger partial charge in [-0.15, -0.1) is 0 Å². The van der Waals surface area contributed by atoms with Gasteiger partial charge >= 0.3 is 0 Å². The zero-order valence-corrected chi connectivity index (χ0v) is 18.6. The van der Waals surface area contributed by atoms with Gasteiger partial charge in [0.25, 0.3) is 11.5 Å². The predicted molar refractivity (Wildman–Crippen MR) is 118 cm³/mol. The van der Waals surface area contributed by atoms with E-state index in [4.69, 9.17) is 4.74 Å². The van der Waals surface area contributed by atoms with Crippen LogP contribution < -0.4 is 16.4 Å². The molecule has 1 aliphatic rings. The summed E-state index contributed by atoms with van der Waals surface area (Å²) in [5, 5.41) is 5.15. The Morgan fingerprint density at radius 3 is 2.42 bits per heavy atom.